The van der Waals surface area contributed by atoms with Crippen molar-refractivity contribution < 1.29 is 4.39 Å². The predicted octanol–water partition coefficient (Wildman–Crippen LogP) is 5.83. The van der Waals surface area contributed by atoms with Gasteiger partial charge in [-0.05, 0) is 65.2 Å². The topological polar surface area (TPSA) is 12.0 Å². The highest BCUT2D eigenvalue weighted by Crippen LogP contribution is 2.29. The number of rotatable bonds is 3. The number of benzene rings is 2. The molecule has 0 saturated carbocycles. The zero-order valence-electron chi connectivity index (χ0n) is 10.7. The zero-order chi connectivity index (χ0) is 14.0. The summed E-state index contributed by atoms with van der Waals surface area (Å²) in [7, 11) is 0. The Morgan fingerprint density at radius 2 is 1.84 bits per heavy atom. The molecule has 19 heavy (non-hydrogen) atoms. The van der Waals surface area contributed by atoms with Crippen molar-refractivity contribution in [2.24, 2.45) is 0 Å². The summed E-state index contributed by atoms with van der Waals surface area (Å²) in [6, 6.07) is 11.3. The van der Waals surface area contributed by atoms with Crippen molar-refractivity contribution in [3.05, 3.63) is 62.3 Å². The molecule has 2 rings (SSSR count). The van der Waals surface area contributed by atoms with Crippen LogP contribution in [0.25, 0.3) is 0 Å². The Morgan fingerprint density at radius 1 is 1.11 bits per heavy atom. The first kappa shape index (κ1) is 14.5. The van der Waals surface area contributed by atoms with E-state index in [1.807, 2.05) is 31.2 Å². The van der Waals surface area contributed by atoms with E-state index in [1.54, 1.807) is 19.1 Å². The van der Waals surface area contributed by atoms with Crippen LogP contribution in [-0.2, 0) is 0 Å². The number of aryl methyl sites for hydroxylation is 1. The Labute approximate surface area is 129 Å². The molecule has 1 nitrogen and oxygen atoms in total. The first-order valence-electron chi connectivity index (χ1n) is 5.95. The normalized spacial score (nSPS) is 12.3. The number of halogens is 3. The van der Waals surface area contributed by atoms with Gasteiger partial charge < -0.3 is 5.32 Å². The zero-order valence-corrected chi connectivity index (χ0v) is 13.8. The second-order valence-electron chi connectivity index (χ2n) is 4.50. The van der Waals surface area contributed by atoms with Crippen molar-refractivity contribution in [3.8, 4) is 0 Å². The number of hydrogen-bond acceptors (Lipinski definition) is 1. The quantitative estimate of drug-likeness (QED) is 0.699. The fourth-order valence-corrected chi connectivity index (χ4v) is 2.96. The van der Waals surface area contributed by atoms with E-state index in [4.69, 9.17) is 0 Å². The van der Waals surface area contributed by atoms with Crippen molar-refractivity contribution in [2.75, 3.05) is 5.32 Å². The van der Waals surface area contributed by atoms with Crippen LogP contribution < -0.4 is 5.32 Å². The van der Waals surface area contributed by atoms with Crippen LogP contribution in [0.1, 0.15) is 24.1 Å². The van der Waals surface area contributed by atoms with E-state index >= 15 is 0 Å². The highest BCUT2D eigenvalue weighted by molar-refractivity contribution is 9.11. The number of hydrogen-bond donors (Lipinski definition) is 1. The molecule has 0 aliphatic heterocycles. The van der Waals surface area contributed by atoms with Gasteiger partial charge in [0.05, 0.1) is 0 Å². The summed E-state index contributed by atoms with van der Waals surface area (Å²) in [5, 5.41) is 3.37. The summed E-state index contributed by atoms with van der Waals surface area (Å²) in [6.45, 7) is 3.78. The molecule has 0 aromatic heterocycles. The molecule has 0 radical (unpaired) electrons. The minimum absolute atomic E-state index is 0.0348. The smallest absolute Gasteiger partial charge is 0.126 e. The van der Waals surface area contributed by atoms with Crippen LogP contribution >= 0.6 is 31.9 Å². The van der Waals surface area contributed by atoms with Gasteiger partial charge in [0.25, 0.3) is 0 Å². The third kappa shape index (κ3) is 3.57. The van der Waals surface area contributed by atoms with E-state index in [-0.39, 0.29) is 11.9 Å². The summed E-state index contributed by atoms with van der Waals surface area (Å²) < 4.78 is 15.6. The lowest BCUT2D eigenvalue weighted by Crippen LogP contribution is -2.07. The molecule has 0 aliphatic carbocycles. The molecule has 1 unspecified atom stereocenters. The second kappa shape index (κ2) is 6.06. The Kier molecular flexibility index (Phi) is 4.63. The SMILES string of the molecule is Cc1ccc(C(C)Nc2ccc(Br)cc2Br)cc1F. The van der Waals surface area contributed by atoms with E-state index in [9.17, 15) is 4.39 Å². The maximum atomic E-state index is 13.6. The summed E-state index contributed by atoms with van der Waals surface area (Å²) in [6.07, 6.45) is 0. The average molecular weight is 387 g/mol. The van der Waals surface area contributed by atoms with Crippen LogP contribution in [-0.4, -0.2) is 0 Å². The summed E-state index contributed by atoms with van der Waals surface area (Å²) >= 11 is 6.93. The third-order valence-corrected chi connectivity index (χ3v) is 4.15. The molecule has 0 aliphatic rings. The van der Waals surface area contributed by atoms with E-state index in [1.165, 1.54) is 0 Å². The summed E-state index contributed by atoms with van der Waals surface area (Å²) in [4.78, 5) is 0. The standard InChI is InChI=1S/C15H14Br2FN/c1-9-3-4-11(7-14(9)18)10(2)19-15-6-5-12(16)8-13(15)17/h3-8,10,19H,1-2H3. The van der Waals surface area contributed by atoms with E-state index in [2.05, 4.69) is 37.2 Å². The van der Waals surface area contributed by atoms with E-state index < -0.39 is 0 Å². The lowest BCUT2D eigenvalue weighted by molar-refractivity contribution is 0.614. The average Bonchev–Trinajstić information content (AvgIpc) is 2.36. The van der Waals surface area contributed by atoms with Crippen molar-refractivity contribution in [2.45, 2.75) is 19.9 Å². The van der Waals surface area contributed by atoms with Gasteiger partial charge in [-0.2, -0.15) is 0 Å². The van der Waals surface area contributed by atoms with Crippen molar-refractivity contribution in [3.63, 3.8) is 0 Å². The first-order chi connectivity index (χ1) is 8.97. The largest absolute Gasteiger partial charge is 0.378 e. The molecule has 0 saturated heterocycles. The lowest BCUT2D eigenvalue weighted by Gasteiger charge is -2.17. The molecule has 0 amide bonds. The highest BCUT2D eigenvalue weighted by atomic mass is 79.9. The molecule has 0 heterocycles. The predicted molar refractivity (Wildman–Crippen MR) is 85.0 cm³/mol. The van der Waals surface area contributed by atoms with E-state index in [0.717, 1.165) is 20.2 Å². The number of anilines is 1. The maximum absolute atomic E-state index is 13.6. The minimum Gasteiger partial charge on any atom is -0.378 e. The molecule has 2 aromatic rings. The van der Waals surface area contributed by atoms with E-state index in [0.29, 0.717) is 5.56 Å². The lowest BCUT2D eigenvalue weighted by atomic mass is 10.1. The van der Waals surface area contributed by atoms with Gasteiger partial charge in [-0.3, -0.25) is 0 Å². The second-order valence-corrected chi connectivity index (χ2v) is 6.27. The summed E-state index contributed by atoms with van der Waals surface area (Å²) in [5.74, 6) is -0.166. The molecule has 0 spiro atoms. The van der Waals surface area contributed by atoms with Crippen LogP contribution in [0, 0.1) is 12.7 Å². The Balaban J connectivity index is 2.20. The molecule has 2 aromatic carbocycles. The van der Waals surface area contributed by atoms with Gasteiger partial charge in [-0.1, -0.05) is 28.1 Å². The van der Waals surface area contributed by atoms with Gasteiger partial charge in [-0.15, -0.1) is 0 Å². The molecular formula is C15H14Br2FN. The Morgan fingerprint density at radius 3 is 2.47 bits per heavy atom. The fraction of sp³-hybridized carbons (Fsp3) is 0.200. The van der Waals surface area contributed by atoms with Crippen LogP contribution in [0.5, 0.6) is 0 Å². The van der Waals surface area contributed by atoms with Crippen LogP contribution in [0.4, 0.5) is 10.1 Å². The molecule has 1 atom stereocenters. The molecule has 0 fully saturated rings. The number of nitrogens with one attached hydrogen (secondary N) is 1. The highest BCUT2D eigenvalue weighted by Gasteiger charge is 2.09. The van der Waals surface area contributed by atoms with Crippen LogP contribution in [0.2, 0.25) is 0 Å². The van der Waals surface area contributed by atoms with Crippen LogP contribution in [0.15, 0.2) is 45.3 Å². The summed E-state index contributed by atoms with van der Waals surface area (Å²) in [5.41, 5.74) is 2.58. The van der Waals surface area contributed by atoms with Crippen molar-refractivity contribution >= 4 is 37.5 Å². The third-order valence-electron chi connectivity index (χ3n) is 3.00. The van der Waals surface area contributed by atoms with Gasteiger partial charge in [-0.25, -0.2) is 4.39 Å². The molecule has 0 bridgehead atoms. The maximum Gasteiger partial charge on any atom is 0.126 e. The monoisotopic (exact) mass is 385 g/mol. The van der Waals surface area contributed by atoms with Crippen molar-refractivity contribution in [1.29, 1.82) is 0 Å². The van der Waals surface area contributed by atoms with Gasteiger partial charge >= 0.3 is 0 Å². The van der Waals surface area contributed by atoms with Gasteiger partial charge in [0.1, 0.15) is 5.82 Å². The van der Waals surface area contributed by atoms with Gasteiger partial charge in [0, 0.05) is 20.7 Å². The molecule has 100 valence electrons. The van der Waals surface area contributed by atoms with Gasteiger partial charge in [0.15, 0.2) is 0 Å². The van der Waals surface area contributed by atoms with Crippen molar-refractivity contribution in [1.82, 2.24) is 0 Å². The Bertz CT molecular complexity index is 599. The van der Waals surface area contributed by atoms with Gasteiger partial charge in [0.2, 0.25) is 0 Å². The van der Waals surface area contributed by atoms with Crippen LogP contribution in [0.3, 0.4) is 0 Å². The molecule has 1 N–H and O–H groups in total. The minimum atomic E-state index is -0.166. The molecule has 4 heteroatoms. The first-order valence-corrected chi connectivity index (χ1v) is 7.53. The Hall–Kier alpha value is -0.870. The molecular weight excluding hydrogens is 373 g/mol. The fourth-order valence-electron chi connectivity index (χ4n) is 1.80.